The molecule has 0 spiro atoms. The Labute approximate surface area is 148 Å². The number of hydrogen-bond acceptors (Lipinski definition) is 3. The summed E-state index contributed by atoms with van der Waals surface area (Å²) in [7, 11) is 1.65. The first-order valence-corrected chi connectivity index (χ1v) is 8.65. The van der Waals surface area contributed by atoms with Crippen molar-refractivity contribution in [3.05, 3.63) is 71.4 Å². The minimum atomic E-state index is -0.0532. The number of benzene rings is 2. The first kappa shape index (κ1) is 17.0. The van der Waals surface area contributed by atoms with Gasteiger partial charge in [-0.05, 0) is 42.7 Å². The highest BCUT2D eigenvalue weighted by Gasteiger charge is 2.06. The normalized spacial score (nSPS) is 10.6. The molecule has 0 aliphatic rings. The van der Waals surface area contributed by atoms with Crippen LogP contribution in [0.4, 0.5) is 5.69 Å². The molecule has 0 atom stereocenters. The molecule has 25 heavy (non-hydrogen) atoms. The molecule has 0 unspecified atom stereocenters. The topological polar surface area (TPSA) is 54.0 Å². The molecule has 0 bridgehead atoms. The fraction of sp³-hybridized carbons (Fsp3) is 0.238. The van der Waals surface area contributed by atoms with E-state index in [1.807, 2.05) is 36.4 Å². The van der Waals surface area contributed by atoms with Crippen LogP contribution in [0.25, 0.3) is 10.9 Å². The van der Waals surface area contributed by atoms with E-state index in [4.69, 9.17) is 0 Å². The van der Waals surface area contributed by atoms with Crippen molar-refractivity contribution >= 4 is 22.5 Å². The number of rotatable bonds is 6. The maximum atomic E-state index is 11.7. The van der Waals surface area contributed by atoms with Crippen LogP contribution in [0.3, 0.4) is 0 Å². The van der Waals surface area contributed by atoms with Crippen LogP contribution in [0.15, 0.2) is 54.6 Å². The molecule has 2 aromatic carbocycles. The number of aryl methyl sites for hydroxylation is 1. The molecule has 0 aliphatic carbocycles. The van der Waals surface area contributed by atoms with Crippen LogP contribution in [0.1, 0.15) is 28.5 Å². The van der Waals surface area contributed by atoms with Gasteiger partial charge in [0.2, 0.25) is 0 Å². The third-order valence-corrected chi connectivity index (χ3v) is 4.28. The van der Waals surface area contributed by atoms with Crippen LogP contribution >= 0.6 is 0 Å². The number of carbonyl (C=O) groups is 1. The monoisotopic (exact) mass is 333 g/mol. The van der Waals surface area contributed by atoms with E-state index in [1.54, 1.807) is 7.05 Å². The van der Waals surface area contributed by atoms with Gasteiger partial charge in [0, 0.05) is 35.9 Å². The molecule has 3 aromatic rings. The van der Waals surface area contributed by atoms with Crippen LogP contribution in [-0.2, 0) is 12.8 Å². The Morgan fingerprint density at radius 1 is 1.08 bits per heavy atom. The van der Waals surface area contributed by atoms with E-state index < -0.39 is 0 Å². The molecule has 2 N–H and O–H groups in total. The van der Waals surface area contributed by atoms with Crippen LogP contribution in [0.2, 0.25) is 0 Å². The molecule has 0 aliphatic heterocycles. The Morgan fingerprint density at radius 2 is 1.92 bits per heavy atom. The van der Waals surface area contributed by atoms with Crippen LogP contribution in [0, 0.1) is 0 Å². The lowest BCUT2D eigenvalue weighted by Gasteiger charge is -2.12. The number of nitrogens with zero attached hydrogens (tertiary/aromatic N) is 1. The van der Waals surface area contributed by atoms with Crippen LogP contribution < -0.4 is 10.6 Å². The van der Waals surface area contributed by atoms with Gasteiger partial charge in [-0.15, -0.1) is 0 Å². The molecule has 1 amide bonds. The molecular weight excluding hydrogens is 310 g/mol. The predicted molar refractivity (Wildman–Crippen MR) is 103 cm³/mol. The second kappa shape index (κ2) is 7.79. The summed E-state index contributed by atoms with van der Waals surface area (Å²) in [5.41, 5.74) is 5.06. The minimum Gasteiger partial charge on any atom is -0.384 e. The van der Waals surface area contributed by atoms with Crippen molar-refractivity contribution in [2.24, 2.45) is 0 Å². The van der Waals surface area contributed by atoms with Crippen LogP contribution in [0.5, 0.6) is 0 Å². The number of carbonyl (C=O) groups excluding carboxylic acids is 1. The Bertz CT molecular complexity index is 889. The van der Waals surface area contributed by atoms with Crippen molar-refractivity contribution in [1.82, 2.24) is 10.3 Å². The maximum Gasteiger partial charge on any atom is 0.251 e. The Balaban J connectivity index is 1.74. The van der Waals surface area contributed by atoms with Crippen molar-refractivity contribution < 1.29 is 4.79 Å². The first-order chi connectivity index (χ1) is 12.2. The van der Waals surface area contributed by atoms with Gasteiger partial charge in [0.15, 0.2) is 0 Å². The van der Waals surface area contributed by atoms with Crippen LogP contribution in [-0.4, -0.2) is 24.5 Å². The molecule has 0 fully saturated rings. The first-order valence-electron chi connectivity index (χ1n) is 8.65. The van der Waals surface area contributed by atoms with Gasteiger partial charge >= 0.3 is 0 Å². The smallest absolute Gasteiger partial charge is 0.251 e. The standard InChI is InChI=1S/C21H23N3O/c1-3-17-14-20(18-9-4-5-10-19(18)24-17)23-12-11-15-7-6-8-16(13-15)21(25)22-2/h4-10,13-14H,3,11-12H2,1-2H3,(H,22,25)(H,23,24). The number of para-hydroxylation sites is 1. The largest absolute Gasteiger partial charge is 0.384 e. The van der Waals surface area contributed by atoms with Gasteiger partial charge in [-0.1, -0.05) is 37.3 Å². The maximum absolute atomic E-state index is 11.7. The summed E-state index contributed by atoms with van der Waals surface area (Å²) in [6.07, 6.45) is 1.76. The van der Waals surface area contributed by atoms with E-state index in [2.05, 4.69) is 40.7 Å². The zero-order valence-electron chi connectivity index (χ0n) is 14.7. The Kier molecular flexibility index (Phi) is 5.29. The third-order valence-electron chi connectivity index (χ3n) is 4.28. The average Bonchev–Trinajstić information content (AvgIpc) is 2.67. The quantitative estimate of drug-likeness (QED) is 0.721. The SMILES string of the molecule is CCc1cc(NCCc2cccc(C(=O)NC)c2)c2ccccc2n1. The second-order valence-electron chi connectivity index (χ2n) is 5.99. The van der Waals surface area contributed by atoms with Gasteiger partial charge in [-0.2, -0.15) is 0 Å². The lowest BCUT2D eigenvalue weighted by molar-refractivity contribution is 0.0963. The van der Waals surface area contributed by atoms with Crippen molar-refractivity contribution in [3.8, 4) is 0 Å². The number of fused-ring (bicyclic) bond motifs is 1. The highest BCUT2D eigenvalue weighted by molar-refractivity contribution is 5.94. The van der Waals surface area contributed by atoms with Crippen molar-refractivity contribution in [1.29, 1.82) is 0 Å². The average molecular weight is 333 g/mol. The summed E-state index contributed by atoms with van der Waals surface area (Å²) in [6.45, 7) is 2.92. The molecule has 0 saturated carbocycles. The van der Waals surface area contributed by atoms with Crippen molar-refractivity contribution in [2.75, 3.05) is 18.9 Å². The predicted octanol–water partition coefficient (Wildman–Crippen LogP) is 3.81. The summed E-state index contributed by atoms with van der Waals surface area (Å²) in [5.74, 6) is -0.0532. The summed E-state index contributed by atoms with van der Waals surface area (Å²) in [4.78, 5) is 16.4. The van der Waals surface area contributed by atoms with Gasteiger partial charge in [0.25, 0.3) is 5.91 Å². The van der Waals surface area contributed by atoms with E-state index >= 15 is 0 Å². The fourth-order valence-corrected chi connectivity index (χ4v) is 2.91. The molecular formula is C21H23N3O. The molecule has 3 rings (SSSR count). The zero-order chi connectivity index (χ0) is 17.6. The van der Waals surface area contributed by atoms with Gasteiger partial charge in [0.05, 0.1) is 5.52 Å². The van der Waals surface area contributed by atoms with E-state index in [0.29, 0.717) is 5.56 Å². The van der Waals surface area contributed by atoms with Crippen molar-refractivity contribution in [3.63, 3.8) is 0 Å². The molecule has 1 heterocycles. The molecule has 128 valence electrons. The number of pyridine rings is 1. The number of amides is 1. The van der Waals surface area contributed by atoms with E-state index in [1.165, 1.54) is 0 Å². The summed E-state index contributed by atoms with van der Waals surface area (Å²) >= 11 is 0. The van der Waals surface area contributed by atoms with Gasteiger partial charge < -0.3 is 10.6 Å². The molecule has 0 radical (unpaired) electrons. The van der Waals surface area contributed by atoms with Gasteiger partial charge in [-0.3, -0.25) is 9.78 Å². The van der Waals surface area contributed by atoms with Gasteiger partial charge in [0.1, 0.15) is 0 Å². The molecule has 4 nitrogen and oxygen atoms in total. The number of aromatic nitrogens is 1. The minimum absolute atomic E-state index is 0.0532. The summed E-state index contributed by atoms with van der Waals surface area (Å²) in [6, 6.07) is 18.1. The molecule has 4 heteroatoms. The number of hydrogen-bond donors (Lipinski definition) is 2. The lowest BCUT2D eigenvalue weighted by Crippen LogP contribution is -2.18. The van der Waals surface area contributed by atoms with Crippen molar-refractivity contribution in [2.45, 2.75) is 19.8 Å². The molecule has 1 aromatic heterocycles. The third kappa shape index (κ3) is 3.97. The Hall–Kier alpha value is -2.88. The summed E-state index contributed by atoms with van der Waals surface area (Å²) < 4.78 is 0. The summed E-state index contributed by atoms with van der Waals surface area (Å²) in [5, 5.41) is 7.33. The zero-order valence-corrected chi connectivity index (χ0v) is 14.7. The van der Waals surface area contributed by atoms with E-state index in [9.17, 15) is 4.79 Å². The number of nitrogens with one attached hydrogen (secondary N) is 2. The highest BCUT2D eigenvalue weighted by Crippen LogP contribution is 2.23. The Morgan fingerprint density at radius 3 is 2.72 bits per heavy atom. The highest BCUT2D eigenvalue weighted by atomic mass is 16.1. The van der Waals surface area contributed by atoms with E-state index in [0.717, 1.165) is 47.2 Å². The van der Waals surface area contributed by atoms with E-state index in [-0.39, 0.29) is 5.91 Å². The second-order valence-corrected chi connectivity index (χ2v) is 5.99. The lowest BCUT2D eigenvalue weighted by atomic mass is 10.1. The molecule has 0 saturated heterocycles. The fourth-order valence-electron chi connectivity index (χ4n) is 2.91. The van der Waals surface area contributed by atoms with Gasteiger partial charge in [-0.25, -0.2) is 0 Å². The number of anilines is 1.